The minimum Gasteiger partial charge on any atom is -0.480 e. The van der Waals surface area contributed by atoms with E-state index >= 15 is 0 Å². The van der Waals surface area contributed by atoms with Crippen LogP contribution in [0.2, 0.25) is 0 Å². The first-order valence-corrected chi connectivity index (χ1v) is 7.59. The van der Waals surface area contributed by atoms with Crippen molar-refractivity contribution in [1.29, 1.82) is 0 Å². The summed E-state index contributed by atoms with van der Waals surface area (Å²) in [4.78, 5) is 10.7. The number of nitrogens with one attached hydrogen (secondary N) is 1. The Morgan fingerprint density at radius 3 is 2.35 bits per heavy atom. The fraction of sp³-hybridized carbons (Fsp3) is 0.909. The van der Waals surface area contributed by atoms with Crippen LogP contribution >= 0.6 is 0 Å². The third-order valence-electron chi connectivity index (χ3n) is 3.88. The number of carboxylic acids is 1. The van der Waals surface area contributed by atoms with Gasteiger partial charge < -0.3 is 5.11 Å². The van der Waals surface area contributed by atoms with E-state index < -0.39 is 21.2 Å². The second kappa shape index (κ2) is 5.35. The summed E-state index contributed by atoms with van der Waals surface area (Å²) in [7, 11) is -3.74. The van der Waals surface area contributed by atoms with Crippen molar-refractivity contribution in [2.24, 2.45) is 5.41 Å². The molecule has 0 heterocycles. The fourth-order valence-corrected chi connectivity index (χ4v) is 3.31. The maximum Gasteiger partial charge on any atom is 0.323 e. The van der Waals surface area contributed by atoms with Gasteiger partial charge in [-0.25, -0.2) is 13.1 Å². The summed E-state index contributed by atoms with van der Waals surface area (Å²) in [5.74, 6) is -1.31. The van der Waals surface area contributed by atoms with Gasteiger partial charge in [-0.3, -0.25) is 4.79 Å². The Hall–Kier alpha value is -0.620. The topological polar surface area (TPSA) is 83.5 Å². The van der Waals surface area contributed by atoms with Crippen molar-refractivity contribution < 1.29 is 18.3 Å². The van der Waals surface area contributed by atoms with E-state index in [0.717, 1.165) is 32.1 Å². The van der Waals surface area contributed by atoms with E-state index in [1.165, 1.54) is 6.92 Å². The molecule has 0 spiro atoms. The molecule has 0 amide bonds. The first-order chi connectivity index (χ1) is 7.83. The van der Waals surface area contributed by atoms with Gasteiger partial charge in [0.15, 0.2) is 5.25 Å². The molecule has 17 heavy (non-hydrogen) atoms. The summed E-state index contributed by atoms with van der Waals surface area (Å²) in [5, 5.41) is 7.32. The standard InChI is InChI=1S/C11H21NO4S/c1-3-11(6-4-5-7-11)8-12-17(15,16)9(2)10(13)14/h9,12H,3-8H2,1-2H3,(H,13,14). The van der Waals surface area contributed by atoms with Crippen LogP contribution in [0.5, 0.6) is 0 Å². The molecule has 0 aromatic carbocycles. The Labute approximate surface area is 103 Å². The van der Waals surface area contributed by atoms with Crippen LogP contribution in [0.3, 0.4) is 0 Å². The van der Waals surface area contributed by atoms with Gasteiger partial charge in [-0.05, 0) is 31.6 Å². The van der Waals surface area contributed by atoms with E-state index in [1.54, 1.807) is 0 Å². The maximum atomic E-state index is 11.7. The van der Waals surface area contributed by atoms with Crippen molar-refractivity contribution in [2.75, 3.05) is 6.54 Å². The number of hydrogen-bond donors (Lipinski definition) is 2. The minimum absolute atomic E-state index is 0.0330. The van der Waals surface area contributed by atoms with Gasteiger partial charge in [0.25, 0.3) is 0 Å². The summed E-state index contributed by atoms with van der Waals surface area (Å²) in [6.45, 7) is 3.61. The van der Waals surface area contributed by atoms with E-state index in [2.05, 4.69) is 11.6 Å². The van der Waals surface area contributed by atoms with Crippen LogP contribution in [0.25, 0.3) is 0 Å². The van der Waals surface area contributed by atoms with Crippen LogP contribution in [-0.4, -0.2) is 31.3 Å². The van der Waals surface area contributed by atoms with Crippen LogP contribution in [-0.2, 0) is 14.8 Å². The lowest BCUT2D eigenvalue weighted by molar-refractivity contribution is -0.136. The van der Waals surface area contributed by atoms with Gasteiger partial charge in [-0.1, -0.05) is 19.8 Å². The van der Waals surface area contributed by atoms with Gasteiger partial charge in [0.2, 0.25) is 10.0 Å². The van der Waals surface area contributed by atoms with Gasteiger partial charge in [-0.15, -0.1) is 0 Å². The predicted molar refractivity (Wildman–Crippen MR) is 65.2 cm³/mol. The number of aliphatic carboxylic acids is 1. The zero-order chi connectivity index (χ0) is 13.1. The summed E-state index contributed by atoms with van der Waals surface area (Å²) in [6, 6.07) is 0. The van der Waals surface area contributed by atoms with E-state index in [4.69, 9.17) is 5.11 Å². The summed E-state index contributed by atoms with van der Waals surface area (Å²) in [5.41, 5.74) is 0.0330. The molecule has 100 valence electrons. The molecule has 0 aromatic heterocycles. The zero-order valence-electron chi connectivity index (χ0n) is 10.4. The Morgan fingerprint density at radius 2 is 1.94 bits per heavy atom. The number of carbonyl (C=O) groups is 1. The maximum absolute atomic E-state index is 11.7. The molecule has 1 atom stereocenters. The molecule has 1 aliphatic carbocycles. The average molecular weight is 263 g/mol. The number of hydrogen-bond acceptors (Lipinski definition) is 3. The minimum atomic E-state index is -3.74. The quantitative estimate of drug-likeness (QED) is 0.757. The van der Waals surface area contributed by atoms with Crippen molar-refractivity contribution >= 4 is 16.0 Å². The van der Waals surface area contributed by atoms with Crippen molar-refractivity contribution in [2.45, 2.75) is 51.2 Å². The largest absolute Gasteiger partial charge is 0.480 e. The zero-order valence-corrected chi connectivity index (χ0v) is 11.2. The third-order valence-corrected chi connectivity index (χ3v) is 5.56. The normalized spacial score (nSPS) is 21.3. The molecule has 1 fully saturated rings. The molecule has 0 aliphatic heterocycles. The molecule has 2 N–H and O–H groups in total. The van der Waals surface area contributed by atoms with Crippen LogP contribution in [0, 0.1) is 5.41 Å². The lowest BCUT2D eigenvalue weighted by Gasteiger charge is -2.28. The van der Waals surface area contributed by atoms with Crippen LogP contribution in [0.4, 0.5) is 0 Å². The molecular weight excluding hydrogens is 242 g/mol. The number of carboxylic acid groups (broad SMARTS) is 1. The van der Waals surface area contributed by atoms with Crippen molar-refractivity contribution in [3.05, 3.63) is 0 Å². The van der Waals surface area contributed by atoms with Gasteiger partial charge >= 0.3 is 5.97 Å². The highest BCUT2D eigenvalue weighted by molar-refractivity contribution is 7.90. The van der Waals surface area contributed by atoms with Crippen LogP contribution in [0.15, 0.2) is 0 Å². The Bertz CT molecular complexity index is 371. The summed E-state index contributed by atoms with van der Waals surface area (Å²) in [6.07, 6.45) is 5.23. The molecule has 0 saturated heterocycles. The summed E-state index contributed by atoms with van der Waals surface area (Å²) >= 11 is 0. The van der Waals surface area contributed by atoms with Gasteiger partial charge in [0.1, 0.15) is 0 Å². The molecular formula is C11H21NO4S. The molecule has 0 bridgehead atoms. The average Bonchev–Trinajstić information content (AvgIpc) is 2.75. The van der Waals surface area contributed by atoms with Crippen molar-refractivity contribution in [3.8, 4) is 0 Å². The summed E-state index contributed by atoms with van der Waals surface area (Å²) < 4.78 is 25.9. The fourth-order valence-electron chi connectivity index (χ4n) is 2.29. The Balaban J connectivity index is 2.63. The van der Waals surface area contributed by atoms with Gasteiger partial charge in [-0.2, -0.15) is 0 Å². The lowest BCUT2D eigenvalue weighted by Crippen LogP contribution is -2.42. The highest BCUT2D eigenvalue weighted by atomic mass is 32.2. The molecule has 1 aliphatic rings. The van der Waals surface area contributed by atoms with Crippen molar-refractivity contribution in [1.82, 2.24) is 4.72 Å². The van der Waals surface area contributed by atoms with E-state index in [-0.39, 0.29) is 5.41 Å². The van der Waals surface area contributed by atoms with E-state index in [1.807, 2.05) is 0 Å². The number of sulfonamides is 1. The molecule has 0 radical (unpaired) electrons. The Kier molecular flexibility index (Phi) is 4.55. The lowest BCUT2D eigenvalue weighted by atomic mass is 9.84. The van der Waals surface area contributed by atoms with Crippen LogP contribution in [0.1, 0.15) is 46.0 Å². The molecule has 0 aromatic rings. The molecule has 1 saturated carbocycles. The molecule has 6 heteroatoms. The predicted octanol–water partition coefficient (Wildman–Crippen LogP) is 1.35. The SMILES string of the molecule is CCC1(CNS(=O)(=O)C(C)C(=O)O)CCCC1. The van der Waals surface area contributed by atoms with E-state index in [0.29, 0.717) is 6.54 Å². The number of rotatable bonds is 6. The molecule has 5 nitrogen and oxygen atoms in total. The highest BCUT2D eigenvalue weighted by Crippen LogP contribution is 2.40. The first kappa shape index (κ1) is 14.4. The Morgan fingerprint density at radius 1 is 1.41 bits per heavy atom. The smallest absolute Gasteiger partial charge is 0.323 e. The second-order valence-corrected chi connectivity index (χ2v) is 6.99. The third kappa shape index (κ3) is 3.42. The van der Waals surface area contributed by atoms with E-state index in [9.17, 15) is 13.2 Å². The van der Waals surface area contributed by atoms with Crippen LogP contribution < -0.4 is 4.72 Å². The second-order valence-electron chi connectivity index (χ2n) is 4.91. The monoisotopic (exact) mass is 263 g/mol. The van der Waals surface area contributed by atoms with Gasteiger partial charge in [0.05, 0.1) is 0 Å². The molecule has 1 unspecified atom stereocenters. The van der Waals surface area contributed by atoms with Gasteiger partial charge in [0, 0.05) is 6.54 Å². The molecule has 1 rings (SSSR count). The van der Waals surface area contributed by atoms with Crippen molar-refractivity contribution in [3.63, 3.8) is 0 Å². The highest BCUT2D eigenvalue weighted by Gasteiger charge is 2.35. The first-order valence-electron chi connectivity index (χ1n) is 6.04.